The van der Waals surface area contributed by atoms with Crippen molar-refractivity contribution in [1.29, 1.82) is 0 Å². The first-order valence-electron chi connectivity index (χ1n) is 13.6. The van der Waals surface area contributed by atoms with Crippen LogP contribution < -0.4 is 10.2 Å². The molecule has 0 aromatic carbocycles. The summed E-state index contributed by atoms with van der Waals surface area (Å²) in [5.74, 6) is 3.16. The summed E-state index contributed by atoms with van der Waals surface area (Å²) in [6.45, 7) is 7.13. The molecule has 3 aromatic rings. The van der Waals surface area contributed by atoms with Crippen LogP contribution in [0.1, 0.15) is 44.7 Å². The molecule has 206 valence electrons. The monoisotopic (exact) mass is 550 g/mol. The lowest BCUT2D eigenvalue weighted by Crippen LogP contribution is -2.61. The van der Waals surface area contributed by atoms with E-state index in [-0.39, 0.29) is 28.9 Å². The molecular formula is C27H34N8O3S. The van der Waals surface area contributed by atoms with Gasteiger partial charge in [0.15, 0.2) is 15.7 Å². The second kappa shape index (κ2) is 9.89. The number of hydrogen-bond acceptors (Lipinski definition) is 9. The van der Waals surface area contributed by atoms with Crippen molar-refractivity contribution in [3.8, 4) is 11.4 Å². The van der Waals surface area contributed by atoms with Crippen LogP contribution >= 0.6 is 0 Å². The Balaban J connectivity index is 1.27. The van der Waals surface area contributed by atoms with E-state index >= 15 is 0 Å². The molecule has 6 rings (SSSR count). The number of carbonyl (C=O) groups excluding carboxylic acids is 1. The summed E-state index contributed by atoms with van der Waals surface area (Å²) in [5, 5.41) is 7.82. The molecule has 0 saturated carbocycles. The van der Waals surface area contributed by atoms with Gasteiger partial charge < -0.3 is 15.1 Å². The number of aromatic nitrogens is 5. The van der Waals surface area contributed by atoms with Gasteiger partial charge in [-0.15, -0.1) is 0 Å². The largest absolute Gasteiger partial charge is 0.355 e. The highest BCUT2D eigenvalue weighted by molar-refractivity contribution is 7.91. The van der Waals surface area contributed by atoms with Gasteiger partial charge in [0.05, 0.1) is 29.3 Å². The number of nitrogens with zero attached hydrogens (tertiary/aromatic N) is 7. The van der Waals surface area contributed by atoms with Crippen molar-refractivity contribution < 1.29 is 13.2 Å². The average molecular weight is 551 g/mol. The molecule has 0 bridgehead atoms. The molecular weight excluding hydrogens is 516 g/mol. The Morgan fingerprint density at radius 3 is 2.64 bits per heavy atom. The van der Waals surface area contributed by atoms with Crippen LogP contribution in [-0.4, -0.2) is 81.6 Å². The minimum atomic E-state index is -3.02. The number of nitrogens with one attached hydrogen (secondary N) is 1. The first-order valence-corrected chi connectivity index (χ1v) is 15.4. The Hall–Kier alpha value is -3.54. The molecule has 3 saturated heterocycles. The maximum atomic E-state index is 12.0. The van der Waals surface area contributed by atoms with Gasteiger partial charge >= 0.3 is 0 Å². The Morgan fingerprint density at radius 1 is 1.15 bits per heavy atom. The summed E-state index contributed by atoms with van der Waals surface area (Å²) in [4.78, 5) is 30.1. The smallest absolute Gasteiger partial charge is 0.219 e. The number of amides is 1. The molecule has 1 spiro atoms. The number of carbonyl (C=O) groups is 1. The predicted octanol–water partition coefficient (Wildman–Crippen LogP) is 2.85. The Labute approximate surface area is 228 Å². The van der Waals surface area contributed by atoms with Gasteiger partial charge in [-0.05, 0) is 43.4 Å². The fourth-order valence-electron chi connectivity index (χ4n) is 5.86. The third-order valence-electron chi connectivity index (χ3n) is 8.29. The third-order valence-corrected chi connectivity index (χ3v) is 10.0. The molecule has 0 radical (unpaired) electrons. The van der Waals surface area contributed by atoms with Crippen LogP contribution in [0.4, 0.5) is 17.5 Å². The van der Waals surface area contributed by atoms with Crippen molar-refractivity contribution in [3.05, 3.63) is 42.4 Å². The highest BCUT2D eigenvalue weighted by atomic mass is 32.2. The Bertz CT molecular complexity index is 1490. The lowest BCUT2D eigenvalue weighted by Gasteiger charge is -2.54. The van der Waals surface area contributed by atoms with Crippen molar-refractivity contribution in [2.24, 2.45) is 5.41 Å². The summed E-state index contributed by atoms with van der Waals surface area (Å²) in [7, 11) is -3.02. The molecule has 3 aliphatic heterocycles. The maximum Gasteiger partial charge on any atom is 0.219 e. The molecule has 0 aliphatic carbocycles. The number of aryl methyl sites for hydroxylation is 1. The molecule has 3 fully saturated rings. The zero-order chi connectivity index (χ0) is 27.2. The number of likely N-dealkylation sites (tertiary alicyclic amines) is 1. The second-order valence-corrected chi connectivity index (χ2v) is 13.3. The van der Waals surface area contributed by atoms with E-state index in [0.717, 1.165) is 56.8 Å². The van der Waals surface area contributed by atoms with E-state index in [0.29, 0.717) is 23.9 Å². The predicted molar refractivity (Wildman–Crippen MR) is 149 cm³/mol. The summed E-state index contributed by atoms with van der Waals surface area (Å²) in [5.41, 5.74) is 2.13. The first kappa shape index (κ1) is 25.7. The molecule has 11 nitrogen and oxygen atoms in total. The summed E-state index contributed by atoms with van der Waals surface area (Å²) in [6.07, 6.45) is 8.81. The van der Waals surface area contributed by atoms with E-state index in [4.69, 9.17) is 9.97 Å². The van der Waals surface area contributed by atoms with Gasteiger partial charge in [-0.25, -0.2) is 23.4 Å². The van der Waals surface area contributed by atoms with Crippen molar-refractivity contribution in [2.45, 2.75) is 45.6 Å². The van der Waals surface area contributed by atoms with E-state index in [1.54, 1.807) is 24.0 Å². The minimum absolute atomic E-state index is 0.109. The van der Waals surface area contributed by atoms with Crippen molar-refractivity contribution in [3.63, 3.8) is 0 Å². The Kier molecular flexibility index (Phi) is 6.52. The topological polar surface area (TPSA) is 126 Å². The van der Waals surface area contributed by atoms with Crippen LogP contribution in [0, 0.1) is 5.41 Å². The number of rotatable bonds is 6. The number of anilines is 3. The zero-order valence-corrected chi connectivity index (χ0v) is 23.2. The Morgan fingerprint density at radius 2 is 1.95 bits per heavy atom. The minimum Gasteiger partial charge on any atom is -0.355 e. The molecule has 1 amide bonds. The molecule has 39 heavy (non-hydrogen) atoms. The average Bonchev–Trinajstić information content (AvgIpc) is 3.54. The second-order valence-electron chi connectivity index (χ2n) is 11.1. The molecule has 1 N–H and O–H groups in total. The van der Waals surface area contributed by atoms with E-state index < -0.39 is 9.84 Å². The summed E-state index contributed by atoms with van der Waals surface area (Å²) >= 11 is 0. The van der Waals surface area contributed by atoms with Gasteiger partial charge in [0, 0.05) is 57.0 Å². The van der Waals surface area contributed by atoms with Crippen LogP contribution in [0.2, 0.25) is 0 Å². The molecule has 12 heteroatoms. The fraction of sp³-hybridized carbons (Fsp3) is 0.519. The van der Waals surface area contributed by atoms with Crippen molar-refractivity contribution in [2.75, 3.05) is 47.9 Å². The van der Waals surface area contributed by atoms with Crippen molar-refractivity contribution >= 4 is 33.2 Å². The number of piperidine rings is 1. The summed E-state index contributed by atoms with van der Waals surface area (Å²) < 4.78 is 25.7. The normalized spacial score (nSPS) is 21.6. The van der Waals surface area contributed by atoms with Gasteiger partial charge in [-0.3, -0.25) is 9.48 Å². The van der Waals surface area contributed by atoms with Crippen LogP contribution in [0.25, 0.3) is 11.4 Å². The molecule has 1 atom stereocenters. The number of hydrogen-bond donors (Lipinski definition) is 1. The van der Waals surface area contributed by atoms with Crippen LogP contribution in [0.5, 0.6) is 0 Å². The lowest BCUT2D eigenvalue weighted by atomic mass is 9.72. The first-order chi connectivity index (χ1) is 18.7. The van der Waals surface area contributed by atoms with E-state index in [2.05, 4.69) is 27.2 Å². The molecule has 3 aromatic heterocycles. The van der Waals surface area contributed by atoms with E-state index in [9.17, 15) is 13.2 Å². The number of sulfone groups is 1. The highest BCUT2D eigenvalue weighted by Crippen LogP contribution is 2.43. The highest BCUT2D eigenvalue weighted by Gasteiger charge is 2.46. The SMILES string of the molecule is CCc1ccnc(Nc2cc(N3CC4(CCN(C(C)=O)CC4)C3)nc(-c3cnn(C4CCS(=O)(=O)C4)c3)n2)c1. The van der Waals surface area contributed by atoms with Crippen molar-refractivity contribution in [1.82, 2.24) is 29.6 Å². The molecule has 6 heterocycles. The van der Waals surface area contributed by atoms with Crippen LogP contribution in [0.3, 0.4) is 0 Å². The van der Waals surface area contributed by atoms with Gasteiger partial charge in [-0.1, -0.05) is 6.92 Å². The maximum absolute atomic E-state index is 12.0. The quantitative estimate of drug-likeness (QED) is 0.493. The molecule has 1 unspecified atom stereocenters. The van der Waals surface area contributed by atoms with Gasteiger partial charge in [0.25, 0.3) is 0 Å². The van der Waals surface area contributed by atoms with E-state index in [1.165, 1.54) is 5.56 Å². The third kappa shape index (κ3) is 5.34. The van der Waals surface area contributed by atoms with Crippen LogP contribution in [0.15, 0.2) is 36.8 Å². The molecule has 3 aliphatic rings. The standard InChI is InChI=1S/C27H34N8O3S/c1-3-20-4-8-28-23(12-20)30-24-13-25(34-17-27(18-34)6-9-33(10-7-27)19(2)36)32-26(31-24)21-14-29-35(15-21)22-5-11-39(37,38)16-22/h4,8,12-15,22H,3,5-7,9-11,16-18H2,1-2H3,(H,28,30,31,32). The summed E-state index contributed by atoms with van der Waals surface area (Å²) in [6, 6.07) is 5.80. The zero-order valence-electron chi connectivity index (χ0n) is 22.4. The van der Waals surface area contributed by atoms with Gasteiger partial charge in [0.2, 0.25) is 5.91 Å². The van der Waals surface area contributed by atoms with Crippen LogP contribution in [-0.2, 0) is 21.1 Å². The van der Waals surface area contributed by atoms with E-state index in [1.807, 2.05) is 29.3 Å². The lowest BCUT2D eigenvalue weighted by molar-refractivity contribution is -0.131. The fourth-order valence-corrected chi connectivity index (χ4v) is 7.56. The number of pyridine rings is 1. The van der Waals surface area contributed by atoms with Gasteiger partial charge in [-0.2, -0.15) is 5.10 Å². The van der Waals surface area contributed by atoms with Gasteiger partial charge in [0.1, 0.15) is 17.5 Å².